The Labute approximate surface area is 188 Å². The summed E-state index contributed by atoms with van der Waals surface area (Å²) in [5.74, 6) is 1.85. The van der Waals surface area contributed by atoms with Crippen molar-refractivity contribution in [1.29, 1.82) is 0 Å². The van der Waals surface area contributed by atoms with Gasteiger partial charge in [-0.25, -0.2) is 0 Å². The van der Waals surface area contributed by atoms with Gasteiger partial charge in [0.05, 0.1) is 13.7 Å². The third kappa shape index (κ3) is 6.30. The highest BCUT2D eigenvalue weighted by molar-refractivity contribution is 5.51. The number of benzene rings is 1. The molecule has 5 heteroatoms. The highest BCUT2D eigenvalue weighted by Gasteiger charge is 2.33. The molecule has 174 valence electrons. The van der Waals surface area contributed by atoms with E-state index in [-0.39, 0.29) is 12.0 Å². The van der Waals surface area contributed by atoms with Gasteiger partial charge in [-0.3, -0.25) is 4.90 Å². The minimum Gasteiger partial charge on any atom is -0.497 e. The number of nitrogens with one attached hydrogen (secondary N) is 1. The lowest BCUT2D eigenvalue weighted by Gasteiger charge is -2.41. The van der Waals surface area contributed by atoms with Crippen molar-refractivity contribution in [2.24, 2.45) is 11.3 Å². The number of ether oxygens (including phenoxy) is 1. The van der Waals surface area contributed by atoms with Gasteiger partial charge >= 0.3 is 0 Å². The van der Waals surface area contributed by atoms with Crippen LogP contribution in [0.3, 0.4) is 0 Å². The van der Waals surface area contributed by atoms with Crippen LogP contribution in [0.4, 0.5) is 0 Å². The summed E-state index contributed by atoms with van der Waals surface area (Å²) in [4.78, 5) is 12.6. The Morgan fingerprint density at radius 2 is 1.94 bits per heavy atom. The van der Waals surface area contributed by atoms with Crippen molar-refractivity contribution >= 4 is 6.29 Å². The molecule has 2 aliphatic carbocycles. The van der Waals surface area contributed by atoms with Crippen LogP contribution < -0.4 is 10.1 Å². The topological polar surface area (TPSA) is 61.8 Å². The van der Waals surface area contributed by atoms with E-state index in [1.54, 1.807) is 7.11 Å². The third-order valence-corrected chi connectivity index (χ3v) is 7.70. The van der Waals surface area contributed by atoms with E-state index in [0.717, 1.165) is 37.3 Å². The normalized spacial score (nSPS) is 23.5. The first-order valence-corrected chi connectivity index (χ1v) is 12.2. The third-order valence-electron chi connectivity index (χ3n) is 7.70. The summed E-state index contributed by atoms with van der Waals surface area (Å²) in [5.41, 5.74) is 3.14. The summed E-state index contributed by atoms with van der Waals surface area (Å²) in [5, 5.41) is 12.2. The van der Waals surface area contributed by atoms with Crippen LogP contribution in [0.15, 0.2) is 18.2 Å². The summed E-state index contributed by atoms with van der Waals surface area (Å²) in [6, 6.07) is 7.28. The molecule has 4 rings (SSSR count). The SMILES string of the molecule is COc1ccc2c(c1)C(C1CCCCC1)N(C)CC2.O=CCNCC1(CO)CCCC1. The maximum absolute atomic E-state index is 10.0. The number of carbonyl (C=O) groups is 1. The molecule has 1 heterocycles. The van der Waals surface area contributed by atoms with Crippen LogP contribution in [0.25, 0.3) is 0 Å². The lowest BCUT2D eigenvalue weighted by molar-refractivity contribution is -0.107. The van der Waals surface area contributed by atoms with Gasteiger partial charge in [0.25, 0.3) is 0 Å². The van der Waals surface area contributed by atoms with Crippen molar-refractivity contribution in [2.45, 2.75) is 70.3 Å². The fourth-order valence-electron chi connectivity index (χ4n) is 5.85. The molecule has 0 spiro atoms. The number of likely N-dealkylation sites (N-methyl/N-ethyl adjacent to an activating group) is 1. The minimum atomic E-state index is 0.0724. The number of carbonyl (C=O) groups excluding carboxylic acids is 1. The smallest absolute Gasteiger partial charge is 0.133 e. The number of methoxy groups -OCH3 is 1. The predicted octanol–water partition coefficient (Wildman–Crippen LogP) is 4.13. The van der Waals surface area contributed by atoms with Crippen LogP contribution in [0.5, 0.6) is 5.75 Å². The van der Waals surface area contributed by atoms with E-state index in [2.05, 4.69) is 35.5 Å². The zero-order valence-corrected chi connectivity index (χ0v) is 19.6. The summed E-state index contributed by atoms with van der Waals surface area (Å²) in [6.45, 7) is 2.63. The first-order chi connectivity index (χ1) is 15.1. The molecule has 0 aromatic heterocycles. The Balaban J connectivity index is 0.000000196. The quantitative estimate of drug-likeness (QED) is 0.503. The molecule has 31 heavy (non-hydrogen) atoms. The number of aliphatic hydroxyl groups is 1. The monoisotopic (exact) mass is 430 g/mol. The minimum absolute atomic E-state index is 0.0724. The van der Waals surface area contributed by atoms with Gasteiger partial charge in [0, 0.05) is 31.2 Å². The van der Waals surface area contributed by atoms with Crippen molar-refractivity contribution < 1.29 is 14.6 Å². The molecule has 1 aliphatic heterocycles. The molecule has 2 saturated carbocycles. The fourth-order valence-corrected chi connectivity index (χ4v) is 5.85. The lowest BCUT2D eigenvalue weighted by atomic mass is 9.77. The molecule has 0 saturated heterocycles. The number of aliphatic hydroxyl groups excluding tert-OH is 1. The second-order valence-corrected chi connectivity index (χ2v) is 9.80. The van der Waals surface area contributed by atoms with Crippen LogP contribution in [-0.4, -0.2) is 56.7 Å². The highest BCUT2D eigenvalue weighted by atomic mass is 16.5. The Hall–Kier alpha value is -1.43. The van der Waals surface area contributed by atoms with E-state index in [0.29, 0.717) is 12.6 Å². The molecule has 1 aromatic rings. The van der Waals surface area contributed by atoms with Crippen LogP contribution in [0.1, 0.15) is 75.0 Å². The molecule has 0 amide bonds. The van der Waals surface area contributed by atoms with Crippen LogP contribution in [-0.2, 0) is 11.2 Å². The summed E-state index contributed by atoms with van der Waals surface area (Å²) >= 11 is 0. The van der Waals surface area contributed by atoms with Crippen molar-refractivity contribution in [3.8, 4) is 5.75 Å². The van der Waals surface area contributed by atoms with Crippen molar-refractivity contribution in [3.63, 3.8) is 0 Å². The molecule has 2 fully saturated rings. The van der Waals surface area contributed by atoms with Gasteiger partial charge in [-0.05, 0) is 68.3 Å². The van der Waals surface area contributed by atoms with Crippen molar-refractivity contribution in [1.82, 2.24) is 10.2 Å². The maximum Gasteiger partial charge on any atom is 0.133 e. The van der Waals surface area contributed by atoms with Crippen molar-refractivity contribution in [2.75, 3.05) is 40.4 Å². The first-order valence-electron chi connectivity index (χ1n) is 12.2. The molecular formula is C26H42N2O3. The second kappa shape index (κ2) is 12.0. The number of rotatable bonds is 7. The molecule has 1 aromatic carbocycles. The molecule has 5 nitrogen and oxygen atoms in total. The summed E-state index contributed by atoms with van der Waals surface area (Å²) < 4.78 is 5.43. The van der Waals surface area contributed by atoms with Crippen LogP contribution >= 0.6 is 0 Å². The lowest BCUT2D eigenvalue weighted by Crippen LogP contribution is -2.37. The van der Waals surface area contributed by atoms with Crippen LogP contribution in [0.2, 0.25) is 0 Å². The van der Waals surface area contributed by atoms with E-state index in [9.17, 15) is 9.90 Å². The molecule has 1 unspecified atom stereocenters. The molecule has 0 bridgehead atoms. The molecular weight excluding hydrogens is 388 g/mol. The Morgan fingerprint density at radius 3 is 2.58 bits per heavy atom. The number of hydrogen-bond acceptors (Lipinski definition) is 5. The van der Waals surface area contributed by atoms with Gasteiger partial charge < -0.3 is 20.0 Å². The van der Waals surface area contributed by atoms with E-state index in [4.69, 9.17) is 4.74 Å². The predicted molar refractivity (Wildman–Crippen MR) is 126 cm³/mol. The van der Waals surface area contributed by atoms with Gasteiger partial charge in [0.2, 0.25) is 0 Å². The largest absolute Gasteiger partial charge is 0.497 e. The van der Waals surface area contributed by atoms with E-state index >= 15 is 0 Å². The number of aldehydes is 1. The van der Waals surface area contributed by atoms with E-state index in [1.807, 2.05) is 0 Å². The van der Waals surface area contributed by atoms with Crippen LogP contribution in [0, 0.1) is 11.3 Å². The molecule has 2 N–H and O–H groups in total. The van der Waals surface area contributed by atoms with E-state index < -0.39 is 0 Å². The zero-order valence-electron chi connectivity index (χ0n) is 19.6. The maximum atomic E-state index is 10.0. The summed E-state index contributed by atoms with van der Waals surface area (Å²) in [6.07, 6.45) is 13.7. The molecule has 3 aliphatic rings. The van der Waals surface area contributed by atoms with Gasteiger partial charge in [-0.15, -0.1) is 0 Å². The number of fused-ring (bicyclic) bond motifs is 1. The average molecular weight is 431 g/mol. The average Bonchev–Trinajstić information content (AvgIpc) is 3.29. The standard InChI is InChI=1S/C17H25NO.C9H17NO2/c1-18-11-10-13-8-9-15(19-2)12-16(13)17(18)14-6-4-3-5-7-14;11-6-5-10-7-9(8-12)3-1-2-4-9/h8-9,12,14,17H,3-7,10-11H2,1-2H3;6,10,12H,1-5,7-8H2. The van der Waals surface area contributed by atoms with Crippen molar-refractivity contribution in [3.05, 3.63) is 29.3 Å². The number of hydrogen-bond donors (Lipinski definition) is 2. The Morgan fingerprint density at radius 1 is 1.19 bits per heavy atom. The highest BCUT2D eigenvalue weighted by Crippen LogP contribution is 2.42. The fraction of sp³-hybridized carbons (Fsp3) is 0.731. The Bertz CT molecular complexity index is 681. The van der Waals surface area contributed by atoms with E-state index in [1.165, 1.54) is 69.0 Å². The zero-order chi connectivity index (χ0) is 22.1. The van der Waals surface area contributed by atoms with Gasteiger partial charge in [-0.1, -0.05) is 38.2 Å². The van der Waals surface area contributed by atoms with Gasteiger partial charge in [0.1, 0.15) is 12.0 Å². The molecule has 0 radical (unpaired) electrons. The van der Waals surface area contributed by atoms with Gasteiger partial charge in [0.15, 0.2) is 0 Å². The summed E-state index contributed by atoms with van der Waals surface area (Å²) in [7, 11) is 4.06. The second-order valence-electron chi connectivity index (χ2n) is 9.80. The molecule has 1 atom stereocenters. The first kappa shape index (κ1) is 24.2. The van der Waals surface area contributed by atoms with Gasteiger partial charge in [-0.2, -0.15) is 0 Å². The number of nitrogens with zero attached hydrogens (tertiary/aromatic N) is 1. The Kier molecular flexibility index (Phi) is 9.36.